The SMILES string of the molecule is Cc1ccc(Br)c(-c2nnc(CCCNCC(C)C)s2)c1. The third kappa shape index (κ3) is 5.16. The van der Waals surface area contributed by atoms with E-state index in [1.54, 1.807) is 11.3 Å². The Bertz CT molecular complexity index is 581. The van der Waals surface area contributed by atoms with E-state index in [1.807, 2.05) is 0 Å². The van der Waals surface area contributed by atoms with Crippen LogP contribution < -0.4 is 5.32 Å². The van der Waals surface area contributed by atoms with Crippen molar-refractivity contribution in [3.05, 3.63) is 33.2 Å². The van der Waals surface area contributed by atoms with Gasteiger partial charge in [-0.25, -0.2) is 0 Å². The van der Waals surface area contributed by atoms with Crippen LogP contribution in [0.25, 0.3) is 10.6 Å². The van der Waals surface area contributed by atoms with Gasteiger partial charge in [-0.1, -0.05) is 52.7 Å². The Balaban J connectivity index is 1.91. The maximum absolute atomic E-state index is 4.33. The summed E-state index contributed by atoms with van der Waals surface area (Å²) in [6, 6.07) is 6.32. The van der Waals surface area contributed by atoms with Gasteiger partial charge in [-0.15, -0.1) is 10.2 Å². The zero-order valence-electron chi connectivity index (χ0n) is 12.8. The van der Waals surface area contributed by atoms with Gasteiger partial charge >= 0.3 is 0 Å². The van der Waals surface area contributed by atoms with E-state index in [-0.39, 0.29) is 0 Å². The Morgan fingerprint density at radius 2 is 2.10 bits per heavy atom. The largest absolute Gasteiger partial charge is 0.316 e. The number of hydrogen-bond donors (Lipinski definition) is 1. The van der Waals surface area contributed by atoms with Gasteiger partial charge in [0.1, 0.15) is 10.0 Å². The quantitative estimate of drug-likeness (QED) is 0.734. The van der Waals surface area contributed by atoms with Crippen molar-refractivity contribution in [2.24, 2.45) is 5.92 Å². The molecule has 21 heavy (non-hydrogen) atoms. The Hall–Kier alpha value is -0.780. The average Bonchev–Trinajstić information content (AvgIpc) is 2.89. The van der Waals surface area contributed by atoms with Crippen molar-refractivity contribution in [1.82, 2.24) is 15.5 Å². The van der Waals surface area contributed by atoms with Crippen LogP contribution in [0.4, 0.5) is 0 Å². The molecule has 0 amide bonds. The maximum atomic E-state index is 4.33. The molecular formula is C16H22BrN3S. The molecule has 0 aliphatic heterocycles. The molecule has 0 bridgehead atoms. The molecule has 0 unspecified atom stereocenters. The monoisotopic (exact) mass is 367 g/mol. The molecule has 1 aromatic carbocycles. The van der Waals surface area contributed by atoms with Crippen LogP contribution in [0.1, 0.15) is 30.8 Å². The molecule has 0 atom stereocenters. The Morgan fingerprint density at radius 3 is 2.86 bits per heavy atom. The summed E-state index contributed by atoms with van der Waals surface area (Å²) in [5, 5.41) is 14.2. The normalized spacial score (nSPS) is 11.3. The van der Waals surface area contributed by atoms with Gasteiger partial charge < -0.3 is 5.32 Å². The van der Waals surface area contributed by atoms with Crippen molar-refractivity contribution in [3.8, 4) is 10.6 Å². The molecule has 0 saturated carbocycles. The molecule has 5 heteroatoms. The van der Waals surface area contributed by atoms with Gasteiger partial charge in [0, 0.05) is 16.5 Å². The molecule has 2 aromatic rings. The van der Waals surface area contributed by atoms with E-state index in [1.165, 1.54) is 5.56 Å². The van der Waals surface area contributed by atoms with E-state index >= 15 is 0 Å². The highest BCUT2D eigenvalue weighted by Gasteiger charge is 2.10. The summed E-state index contributed by atoms with van der Waals surface area (Å²) in [7, 11) is 0. The Kier molecular flexibility index (Phi) is 6.33. The number of aromatic nitrogens is 2. The van der Waals surface area contributed by atoms with E-state index in [0.717, 1.165) is 46.0 Å². The van der Waals surface area contributed by atoms with Crippen molar-refractivity contribution < 1.29 is 0 Å². The predicted octanol–water partition coefficient (Wildman–Crippen LogP) is 4.45. The van der Waals surface area contributed by atoms with E-state index in [4.69, 9.17) is 0 Å². The lowest BCUT2D eigenvalue weighted by Crippen LogP contribution is -2.21. The number of rotatable bonds is 7. The fraction of sp³-hybridized carbons (Fsp3) is 0.500. The molecule has 0 radical (unpaired) electrons. The van der Waals surface area contributed by atoms with Crippen LogP contribution in [0.3, 0.4) is 0 Å². The van der Waals surface area contributed by atoms with Crippen LogP contribution in [0.2, 0.25) is 0 Å². The predicted molar refractivity (Wildman–Crippen MR) is 93.8 cm³/mol. The number of halogens is 1. The summed E-state index contributed by atoms with van der Waals surface area (Å²) in [6.07, 6.45) is 2.10. The van der Waals surface area contributed by atoms with Crippen molar-refractivity contribution in [2.75, 3.05) is 13.1 Å². The summed E-state index contributed by atoms with van der Waals surface area (Å²) in [4.78, 5) is 0. The third-order valence-corrected chi connectivity index (χ3v) is 4.82. The van der Waals surface area contributed by atoms with Crippen LogP contribution in [0.5, 0.6) is 0 Å². The van der Waals surface area contributed by atoms with E-state index < -0.39 is 0 Å². The fourth-order valence-corrected chi connectivity index (χ4v) is 3.50. The number of nitrogens with one attached hydrogen (secondary N) is 1. The Labute approximate surface area is 139 Å². The average molecular weight is 368 g/mol. The molecular weight excluding hydrogens is 346 g/mol. The fourth-order valence-electron chi connectivity index (χ4n) is 2.02. The first kappa shape index (κ1) is 16.6. The molecule has 0 fully saturated rings. The standard InChI is InChI=1S/C16H22BrN3S/c1-11(2)10-18-8-4-5-15-19-20-16(21-15)13-9-12(3)6-7-14(13)17/h6-7,9,11,18H,4-5,8,10H2,1-3H3. The highest BCUT2D eigenvalue weighted by atomic mass is 79.9. The lowest BCUT2D eigenvalue weighted by molar-refractivity contribution is 0.542. The van der Waals surface area contributed by atoms with E-state index in [2.05, 4.69) is 70.4 Å². The highest BCUT2D eigenvalue weighted by Crippen LogP contribution is 2.31. The minimum Gasteiger partial charge on any atom is -0.316 e. The number of benzene rings is 1. The molecule has 0 aliphatic rings. The number of hydrogen-bond acceptors (Lipinski definition) is 4. The molecule has 0 saturated heterocycles. The van der Waals surface area contributed by atoms with Crippen molar-refractivity contribution >= 4 is 27.3 Å². The molecule has 1 aromatic heterocycles. The zero-order valence-corrected chi connectivity index (χ0v) is 15.2. The summed E-state index contributed by atoms with van der Waals surface area (Å²) < 4.78 is 1.08. The van der Waals surface area contributed by atoms with Gasteiger partial charge in [0.05, 0.1) is 0 Å². The van der Waals surface area contributed by atoms with Crippen LogP contribution in [-0.2, 0) is 6.42 Å². The minimum atomic E-state index is 0.705. The highest BCUT2D eigenvalue weighted by molar-refractivity contribution is 9.10. The molecule has 1 N–H and O–H groups in total. The maximum Gasteiger partial charge on any atom is 0.148 e. The molecule has 114 valence electrons. The van der Waals surface area contributed by atoms with Gasteiger partial charge in [0.2, 0.25) is 0 Å². The summed E-state index contributed by atoms with van der Waals surface area (Å²) in [5.74, 6) is 0.705. The second-order valence-corrected chi connectivity index (χ2v) is 7.60. The third-order valence-electron chi connectivity index (χ3n) is 3.12. The van der Waals surface area contributed by atoms with Crippen LogP contribution in [0, 0.1) is 12.8 Å². The van der Waals surface area contributed by atoms with E-state index in [9.17, 15) is 0 Å². The van der Waals surface area contributed by atoms with Gasteiger partial charge in [-0.2, -0.15) is 0 Å². The van der Waals surface area contributed by atoms with Crippen molar-refractivity contribution in [2.45, 2.75) is 33.6 Å². The van der Waals surface area contributed by atoms with Gasteiger partial charge in [-0.05, 0) is 44.5 Å². The molecule has 0 spiro atoms. The van der Waals surface area contributed by atoms with Gasteiger partial charge in [0.15, 0.2) is 0 Å². The smallest absolute Gasteiger partial charge is 0.148 e. The first-order valence-electron chi connectivity index (χ1n) is 7.36. The van der Waals surface area contributed by atoms with E-state index in [0.29, 0.717) is 5.92 Å². The molecule has 2 rings (SSSR count). The number of nitrogens with zero attached hydrogens (tertiary/aromatic N) is 2. The summed E-state index contributed by atoms with van der Waals surface area (Å²) >= 11 is 5.29. The van der Waals surface area contributed by atoms with Crippen molar-refractivity contribution in [1.29, 1.82) is 0 Å². The van der Waals surface area contributed by atoms with Crippen LogP contribution in [-0.4, -0.2) is 23.3 Å². The second kappa shape index (κ2) is 8.01. The van der Waals surface area contributed by atoms with Gasteiger partial charge in [0.25, 0.3) is 0 Å². The van der Waals surface area contributed by atoms with Crippen LogP contribution >= 0.6 is 27.3 Å². The molecule has 3 nitrogen and oxygen atoms in total. The number of aryl methyl sites for hydroxylation is 2. The first-order valence-corrected chi connectivity index (χ1v) is 8.97. The Morgan fingerprint density at radius 1 is 1.29 bits per heavy atom. The first-order chi connectivity index (χ1) is 10.1. The summed E-state index contributed by atoms with van der Waals surface area (Å²) in [6.45, 7) is 8.67. The van der Waals surface area contributed by atoms with Gasteiger partial charge in [-0.3, -0.25) is 0 Å². The van der Waals surface area contributed by atoms with Crippen LogP contribution in [0.15, 0.2) is 22.7 Å². The topological polar surface area (TPSA) is 37.8 Å². The zero-order chi connectivity index (χ0) is 15.2. The summed E-state index contributed by atoms with van der Waals surface area (Å²) in [5.41, 5.74) is 2.37. The van der Waals surface area contributed by atoms with Crippen molar-refractivity contribution in [3.63, 3.8) is 0 Å². The lowest BCUT2D eigenvalue weighted by Gasteiger charge is -2.05. The lowest BCUT2D eigenvalue weighted by atomic mass is 10.1. The molecule has 0 aliphatic carbocycles. The minimum absolute atomic E-state index is 0.705. The molecule has 1 heterocycles. The second-order valence-electron chi connectivity index (χ2n) is 5.69.